The van der Waals surface area contributed by atoms with E-state index in [4.69, 9.17) is 11.6 Å². The predicted octanol–water partition coefficient (Wildman–Crippen LogP) is 1.84. The highest BCUT2D eigenvalue weighted by molar-refractivity contribution is 6.64. The molecule has 1 saturated heterocycles. The minimum Gasteiger partial charge on any atom is -0.342 e. The molecular formula is C13H14ClNO2. The summed E-state index contributed by atoms with van der Waals surface area (Å²) in [5.41, 5.74) is 1.20. The van der Waals surface area contributed by atoms with Crippen LogP contribution in [0.5, 0.6) is 0 Å². The van der Waals surface area contributed by atoms with Crippen LogP contribution < -0.4 is 0 Å². The zero-order valence-corrected chi connectivity index (χ0v) is 10.2. The van der Waals surface area contributed by atoms with E-state index in [1.165, 1.54) is 5.56 Å². The van der Waals surface area contributed by atoms with Gasteiger partial charge in [0.1, 0.15) is 0 Å². The van der Waals surface area contributed by atoms with Gasteiger partial charge in [0, 0.05) is 19.5 Å². The van der Waals surface area contributed by atoms with Crippen LogP contribution in [0.1, 0.15) is 12.0 Å². The van der Waals surface area contributed by atoms with Crippen molar-refractivity contribution in [2.75, 3.05) is 13.1 Å². The maximum Gasteiger partial charge on any atom is 0.227 e. The number of hydrogen-bond donors (Lipinski definition) is 0. The second kappa shape index (κ2) is 5.32. The Morgan fingerprint density at radius 1 is 1.35 bits per heavy atom. The fourth-order valence-corrected chi connectivity index (χ4v) is 2.20. The van der Waals surface area contributed by atoms with E-state index in [0.29, 0.717) is 13.1 Å². The van der Waals surface area contributed by atoms with Crippen LogP contribution in [0.3, 0.4) is 0 Å². The Morgan fingerprint density at radius 3 is 2.65 bits per heavy atom. The monoisotopic (exact) mass is 251 g/mol. The van der Waals surface area contributed by atoms with Gasteiger partial charge >= 0.3 is 0 Å². The Hall–Kier alpha value is -1.35. The Bertz CT molecular complexity index is 419. The highest BCUT2D eigenvalue weighted by Gasteiger charge is 2.32. The van der Waals surface area contributed by atoms with Gasteiger partial charge in [0.25, 0.3) is 0 Å². The zero-order valence-electron chi connectivity index (χ0n) is 9.43. The first-order valence-electron chi connectivity index (χ1n) is 5.68. The molecule has 1 aromatic rings. The summed E-state index contributed by atoms with van der Waals surface area (Å²) in [6.07, 6.45) is 1.08. The molecule has 0 radical (unpaired) electrons. The summed E-state index contributed by atoms with van der Waals surface area (Å²) < 4.78 is 0. The Morgan fingerprint density at radius 2 is 2.06 bits per heavy atom. The SMILES string of the molecule is O=C(Cl)[C@H]1CC(=O)N(CCc2ccccc2)C1. The number of carbonyl (C=O) groups excluding carboxylic acids is 2. The van der Waals surface area contributed by atoms with Gasteiger partial charge in [0.2, 0.25) is 11.1 Å². The molecule has 1 amide bonds. The molecule has 2 rings (SSSR count). The zero-order chi connectivity index (χ0) is 12.3. The summed E-state index contributed by atoms with van der Waals surface area (Å²) in [7, 11) is 0. The molecule has 17 heavy (non-hydrogen) atoms. The summed E-state index contributed by atoms with van der Waals surface area (Å²) >= 11 is 5.41. The molecular weight excluding hydrogens is 238 g/mol. The smallest absolute Gasteiger partial charge is 0.227 e. The van der Waals surface area contributed by atoms with E-state index >= 15 is 0 Å². The average Bonchev–Trinajstić information content (AvgIpc) is 2.70. The maximum atomic E-state index is 11.6. The second-order valence-corrected chi connectivity index (χ2v) is 4.65. The first-order valence-corrected chi connectivity index (χ1v) is 6.05. The molecule has 1 heterocycles. The first kappa shape index (κ1) is 12.1. The lowest BCUT2D eigenvalue weighted by atomic mass is 10.1. The van der Waals surface area contributed by atoms with Gasteiger partial charge in [-0.05, 0) is 23.6 Å². The normalized spacial score (nSPS) is 19.7. The van der Waals surface area contributed by atoms with E-state index < -0.39 is 5.24 Å². The lowest BCUT2D eigenvalue weighted by Gasteiger charge is -2.15. The molecule has 1 aliphatic rings. The predicted molar refractivity (Wildman–Crippen MR) is 65.7 cm³/mol. The number of amides is 1. The molecule has 1 atom stereocenters. The number of hydrogen-bond acceptors (Lipinski definition) is 2. The van der Waals surface area contributed by atoms with Crippen LogP contribution in [0.4, 0.5) is 0 Å². The summed E-state index contributed by atoms with van der Waals surface area (Å²) in [6, 6.07) is 9.99. The highest BCUT2D eigenvalue weighted by atomic mass is 35.5. The van der Waals surface area contributed by atoms with Crippen molar-refractivity contribution >= 4 is 22.8 Å². The largest absolute Gasteiger partial charge is 0.342 e. The van der Waals surface area contributed by atoms with Crippen molar-refractivity contribution in [2.24, 2.45) is 5.92 Å². The third-order valence-corrected chi connectivity index (χ3v) is 3.36. The Labute approximate surface area is 105 Å². The quantitative estimate of drug-likeness (QED) is 0.766. The average molecular weight is 252 g/mol. The van der Waals surface area contributed by atoms with Crippen LogP contribution in [0.25, 0.3) is 0 Å². The van der Waals surface area contributed by atoms with Crippen molar-refractivity contribution in [1.82, 2.24) is 4.90 Å². The molecule has 0 bridgehead atoms. The van der Waals surface area contributed by atoms with Crippen LogP contribution in [-0.4, -0.2) is 29.1 Å². The number of rotatable bonds is 4. The van der Waals surface area contributed by atoms with E-state index in [-0.39, 0.29) is 18.2 Å². The summed E-state index contributed by atoms with van der Waals surface area (Å²) in [5.74, 6) is -0.292. The molecule has 0 saturated carbocycles. The van der Waals surface area contributed by atoms with E-state index in [2.05, 4.69) is 0 Å². The van der Waals surface area contributed by atoms with E-state index in [1.54, 1.807) is 4.90 Å². The van der Waals surface area contributed by atoms with Gasteiger partial charge in [-0.3, -0.25) is 9.59 Å². The van der Waals surface area contributed by atoms with E-state index in [9.17, 15) is 9.59 Å². The van der Waals surface area contributed by atoms with E-state index in [0.717, 1.165) is 6.42 Å². The molecule has 0 spiro atoms. The molecule has 4 heteroatoms. The van der Waals surface area contributed by atoms with Crippen LogP contribution in [0.2, 0.25) is 0 Å². The number of benzene rings is 1. The van der Waals surface area contributed by atoms with Crippen molar-refractivity contribution < 1.29 is 9.59 Å². The third kappa shape index (κ3) is 3.07. The number of likely N-dealkylation sites (tertiary alicyclic amines) is 1. The summed E-state index contributed by atoms with van der Waals surface area (Å²) in [5, 5.41) is -0.402. The molecule has 1 aliphatic heterocycles. The highest BCUT2D eigenvalue weighted by Crippen LogP contribution is 2.20. The minimum absolute atomic E-state index is 0.0277. The van der Waals surface area contributed by atoms with Gasteiger partial charge in [-0.2, -0.15) is 0 Å². The Balaban J connectivity index is 1.88. The van der Waals surface area contributed by atoms with Crippen molar-refractivity contribution in [2.45, 2.75) is 12.8 Å². The van der Waals surface area contributed by atoms with Gasteiger partial charge in [0.05, 0.1) is 5.92 Å². The third-order valence-electron chi connectivity index (χ3n) is 3.05. The van der Waals surface area contributed by atoms with Crippen molar-refractivity contribution in [3.63, 3.8) is 0 Å². The molecule has 3 nitrogen and oxygen atoms in total. The van der Waals surface area contributed by atoms with Gasteiger partial charge in [0.15, 0.2) is 0 Å². The van der Waals surface area contributed by atoms with Crippen LogP contribution in [0.15, 0.2) is 30.3 Å². The van der Waals surface area contributed by atoms with Crippen molar-refractivity contribution in [3.8, 4) is 0 Å². The fourth-order valence-electron chi connectivity index (χ4n) is 2.05. The second-order valence-electron chi connectivity index (χ2n) is 4.28. The van der Waals surface area contributed by atoms with Crippen LogP contribution in [-0.2, 0) is 16.0 Å². The number of halogens is 1. The van der Waals surface area contributed by atoms with Crippen LogP contribution >= 0.6 is 11.6 Å². The first-order chi connectivity index (χ1) is 8.16. The number of carbonyl (C=O) groups is 2. The lowest BCUT2D eigenvalue weighted by Crippen LogP contribution is -2.28. The lowest BCUT2D eigenvalue weighted by molar-refractivity contribution is -0.128. The summed E-state index contributed by atoms with van der Waals surface area (Å²) in [6.45, 7) is 1.12. The van der Waals surface area contributed by atoms with Gasteiger partial charge in [-0.15, -0.1) is 0 Å². The van der Waals surface area contributed by atoms with Gasteiger partial charge in [-0.25, -0.2) is 0 Å². The molecule has 1 fully saturated rings. The minimum atomic E-state index is -0.402. The topological polar surface area (TPSA) is 37.4 Å². The van der Waals surface area contributed by atoms with Gasteiger partial charge in [-0.1, -0.05) is 30.3 Å². The molecule has 0 aliphatic carbocycles. The molecule has 0 N–H and O–H groups in total. The van der Waals surface area contributed by atoms with Gasteiger partial charge < -0.3 is 4.90 Å². The molecule has 0 aromatic heterocycles. The van der Waals surface area contributed by atoms with Crippen molar-refractivity contribution in [3.05, 3.63) is 35.9 Å². The molecule has 90 valence electrons. The summed E-state index contributed by atoms with van der Waals surface area (Å²) in [4.78, 5) is 24.3. The standard InChI is InChI=1S/C13H14ClNO2/c14-13(17)11-8-12(16)15(9-11)7-6-10-4-2-1-3-5-10/h1-5,11H,6-9H2/t11-/m0/s1. The van der Waals surface area contributed by atoms with Crippen molar-refractivity contribution in [1.29, 1.82) is 0 Å². The van der Waals surface area contributed by atoms with Crippen LogP contribution in [0, 0.1) is 5.92 Å². The van der Waals surface area contributed by atoms with E-state index in [1.807, 2.05) is 30.3 Å². The Kier molecular flexibility index (Phi) is 3.79. The fraction of sp³-hybridized carbons (Fsp3) is 0.385. The molecule has 1 aromatic carbocycles. The maximum absolute atomic E-state index is 11.6. The number of nitrogens with zero attached hydrogens (tertiary/aromatic N) is 1. The molecule has 0 unspecified atom stereocenters.